The minimum Gasteiger partial charge on any atom is -0.505 e. The molecule has 1 aliphatic heterocycles. The highest BCUT2D eigenvalue weighted by molar-refractivity contribution is 7.89. The van der Waals surface area contributed by atoms with Gasteiger partial charge in [-0.15, -0.1) is 0 Å². The van der Waals surface area contributed by atoms with Crippen molar-refractivity contribution in [2.75, 3.05) is 20.5 Å². The second-order valence-electron chi connectivity index (χ2n) is 13.3. The Morgan fingerprint density at radius 3 is 2.40 bits per heavy atom. The molecule has 1 aliphatic carbocycles. The van der Waals surface area contributed by atoms with Crippen LogP contribution in [0.3, 0.4) is 0 Å². The van der Waals surface area contributed by atoms with Gasteiger partial charge in [-0.3, -0.25) is 0 Å². The maximum absolute atomic E-state index is 15.8. The maximum Gasteiger partial charge on any atom is 0.221 e. The zero-order chi connectivity index (χ0) is 30.8. The van der Waals surface area contributed by atoms with Gasteiger partial charge < -0.3 is 14.2 Å². The van der Waals surface area contributed by atoms with Crippen LogP contribution in [-0.4, -0.2) is 52.9 Å². The molecule has 6 nitrogen and oxygen atoms in total. The van der Waals surface area contributed by atoms with E-state index in [0.717, 1.165) is 12.1 Å². The zero-order valence-electron chi connectivity index (χ0n) is 25.7. The number of rotatable bonds is 12. The predicted molar refractivity (Wildman–Crippen MR) is 164 cm³/mol. The van der Waals surface area contributed by atoms with E-state index in [1.807, 2.05) is 32.0 Å². The second kappa shape index (κ2) is 12.9. The Bertz CT molecular complexity index is 1360. The molecule has 1 heterocycles. The highest BCUT2D eigenvalue weighted by atomic mass is 32.2. The lowest BCUT2D eigenvalue weighted by Gasteiger charge is -2.53. The van der Waals surface area contributed by atoms with Crippen LogP contribution in [0.5, 0.6) is 0 Å². The summed E-state index contributed by atoms with van der Waals surface area (Å²) in [5.41, 5.74) is -0.465. The molecule has 1 saturated heterocycles. The van der Waals surface area contributed by atoms with E-state index >= 15 is 8.78 Å². The third-order valence-electron chi connectivity index (χ3n) is 8.58. The number of hydrogen-bond donors (Lipinski definition) is 0. The van der Waals surface area contributed by atoms with Gasteiger partial charge >= 0.3 is 0 Å². The van der Waals surface area contributed by atoms with Crippen molar-refractivity contribution in [3.63, 3.8) is 0 Å². The van der Waals surface area contributed by atoms with E-state index in [1.54, 1.807) is 18.2 Å². The summed E-state index contributed by atoms with van der Waals surface area (Å²) in [5.74, 6) is -1.22. The molecule has 42 heavy (non-hydrogen) atoms. The number of hydrogen-bond acceptors (Lipinski definition) is 5. The first-order valence-corrected chi connectivity index (χ1v) is 19.9. The molecule has 2 aliphatic rings. The van der Waals surface area contributed by atoms with E-state index in [1.165, 1.54) is 23.7 Å². The molecule has 2 aromatic carbocycles. The van der Waals surface area contributed by atoms with Crippen LogP contribution < -0.4 is 0 Å². The number of methoxy groups -OCH3 is 1. The molecule has 10 heteroatoms. The fourth-order valence-corrected chi connectivity index (χ4v) is 9.16. The van der Waals surface area contributed by atoms with Gasteiger partial charge in [-0.05, 0) is 69.3 Å². The molecule has 2 atom stereocenters. The van der Waals surface area contributed by atoms with Crippen LogP contribution in [-0.2, 0) is 36.2 Å². The van der Waals surface area contributed by atoms with E-state index in [9.17, 15) is 8.42 Å². The summed E-state index contributed by atoms with van der Waals surface area (Å²) in [6.07, 6.45) is 5.20. The summed E-state index contributed by atoms with van der Waals surface area (Å²) < 4.78 is 77.0. The van der Waals surface area contributed by atoms with E-state index in [2.05, 4.69) is 19.6 Å². The Morgan fingerprint density at radius 2 is 1.76 bits per heavy atom. The SMILES string of the molecule is CO/C=C/[C@]1(c2cc(F)c(CN3[C@@H](C)CC[C@H](c4ccccc4)S3(=O)=O)cc2F)C[C@@](C)(OCOCC[Si](C)(C)C)C1. The molecule has 0 N–H and O–H groups in total. The van der Waals surface area contributed by atoms with Crippen LogP contribution in [0.15, 0.2) is 54.8 Å². The molecule has 4 rings (SSSR count). The van der Waals surface area contributed by atoms with Crippen molar-refractivity contribution in [1.29, 1.82) is 0 Å². The average molecular weight is 622 g/mol. The quantitative estimate of drug-likeness (QED) is 0.108. The molecule has 2 fully saturated rings. The summed E-state index contributed by atoms with van der Waals surface area (Å²) in [4.78, 5) is 0. The summed E-state index contributed by atoms with van der Waals surface area (Å²) in [6, 6.07) is 12.1. The van der Waals surface area contributed by atoms with Crippen LogP contribution in [0.1, 0.15) is 61.5 Å². The normalized spacial score (nSPS) is 28.1. The molecule has 0 spiro atoms. The van der Waals surface area contributed by atoms with Crippen molar-refractivity contribution in [3.05, 3.63) is 83.1 Å². The Morgan fingerprint density at radius 1 is 1.07 bits per heavy atom. The fourth-order valence-electron chi connectivity index (χ4n) is 6.21. The second-order valence-corrected chi connectivity index (χ2v) is 21.0. The highest BCUT2D eigenvalue weighted by Gasteiger charge is 2.54. The Kier molecular flexibility index (Phi) is 10.0. The highest BCUT2D eigenvalue weighted by Crippen LogP contribution is 2.54. The van der Waals surface area contributed by atoms with Gasteiger partial charge in [0, 0.05) is 43.8 Å². The van der Waals surface area contributed by atoms with Crippen LogP contribution in [0.4, 0.5) is 8.78 Å². The summed E-state index contributed by atoms with van der Waals surface area (Å²) in [6.45, 7) is 11.2. The van der Waals surface area contributed by atoms with Crippen molar-refractivity contribution in [1.82, 2.24) is 4.31 Å². The van der Waals surface area contributed by atoms with Crippen LogP contribution >= 0.6 is 0 Å². The molecule has 0 radical (unpaired) electrons. The van der Waals surface area contributed by atoms with E-state index in [-0.39, 0.29) is 30.5 Å². The molecular formula is C32H45F2NO5SSi. The van der Waals surface area contributed by atoms with Crippen molar-refractivity contribution < 1.29 is 31.4 Å². The van der Waals surface area contributed by atoms with Crippen molar-refractivity contribution in [3.8, 4) is 0 Å². The van der Waals surface area contributed by atoms with Crippen LogP contribution in [0.2, 0.25) is 25.7 Å². The molecule has 232 valence electrons. The molecule has 0 unspecified atom stereocenters. The Labute approximate surface area is 251 Å². The first-order chi connectivity index (χ1) is 19.7. The maximum atomic E-state index is 15.8. The largest absolute Gasteiger partial charge is 0.505 e. The molecule has 0 amide bonds. The van der Waals surface area contributed by atoms with Gasteiger partial charge in [0.15, 0.2) is 0 Å². The van der Waals surface area contributed by atoms with E-state index in [4.69, 9.17) is 14.2 Å². The van der Waals surface area contributed by atoms with E-state index in [0.29, 0.717) is 37.9 Å². The van der Waals surface area contributed by atoms with E-state index < -0.39 is 46.0 Å². The monoisotopic (exact) mass is 621 g/mol. The lowest BCUT2D eigenvalue weighted by atomic mass is 9.56. The molecular weight excluding hydrogens is 577 g/mol. The first kappa shape index (κ1) is 32.8. The van der Waals surface area contributed by atoms with Gasteiger partial charge in [0.25, 0.3) is 0 Å². The minimum absolute atomic E-state index is 0.0143. The van der Waals surface area contributed by atoms with Gasteiger partial charge in [0.05, 0.1) is 19.0 Å². The Hall–Kier alpha value is -2.11. The number of halogens is 2. The number of benzene rings is 2. The minimum atomic E-state index is -3.78. The van der Waals surface area contributed by atoms with Crippen LogP contribution in [0, 0.1) is 11.6 Å². The molecule has 0 aromatic heterocycles. The van der Waals surface area contributed by atoms with Crippen LogP contribution in [0.25, 0.3) is 0 Å². The van der Waals surface area contributed by atoms with Crippen molar-refractivity contribution in [2.24, 2.45) is 0 Å². The Balaban J connectivity index is 1.52. The summed E-state index contributed by atoms with van der Waals surface area (Å²) in [5, 5.41) is -0.711. The smallest absolute Gasteiger partial charge is 0.221 e. The lowest BCUT2D eigenvalue weighted by molar-refractivity contribution is -0.181. The first-order valence-electron chi connectivity index (χ1n) is 14.7. The molecule has 1 saturated carbocycles. The number of allylic oxidation sites excluding steroid dienone is 1. The van der Waals surface area contributed by atoms with Crippen molar-refractivity contribution >= 4 is 18.1 Å². The lowest BCUT2D eigenvalue weighted by Crippen LogP contribution is -2.54. The average Bonchev–Trinajstić information content (AvgIpc) is 2.89. The summed E-state index contributed by atoms with van der Waals surface area (Å²) >= 11 is 0. The zero-order valence-corrected chi connectivity index (χ0v) is 27.5. The van der Waals surface area contributed by atoms with Crippen molar-refractivity contribution in [2.45, 2.75) is 94.1 Å². The number of sulfonamides is 1. The van der Waals surface area contributed by atoms with Gasteiger partial charge in [-0.25, -0.2) is 17.2 Å². The third kappa shape index (κ3) is 7.33. The fraction of sp³-hybridized carbons (Fsp3) is 0.562. The van der Waals surface area contributed by atoms with Gasteiger partial charge in [0.1, 0.15) is 23.7 Å². The molecule has 2 aromatic rings. The number of ether oxygens (including phenoxy) is 3. The standard InChI is InChI=1S/C32H45F2NO5SSi/c1-24-12-13-30(25-10-8-7-9-11-25)41(36,37)35(24)20-26-18-29(34)27(19-28(26)33)32(14-15-38-3)21-31(2,22-32)40-23-39-16-17-42(4,5)6/h7-11,14-15,18-19,24,30H,12-13,16-17,20-23H2,1-6H3/b15-14+/t24-,30+,31-,32+/m0/s1. The van der Waals surface area contributed by atoms with Gasteiger partial charge in [-0.1, -0.05) is 50.0 Å². The predicted octanol–water partition coefficient (Wildman–Crippen LogP) is 7.30. The third-order valence-corrected chi connectivity index (χ3v) is 12.7. The van der Waals surface area contributed by atoms with Gasteiger partial charge in [0.2, 0.25) is 10.0 Å². The topological polar surface area (TPSA) is 65.1 Å². The molecule has 0 bridgehead atoms. The van der Waals surface area contributed by atoms with Gasteiger partial charge in [-0.2, -0.15) is 4.31 Å². The summed E-state index contributed by atoms with van der Waals surface area (Å²) in [7, 11) is -3.49. The number of nitrogens with zero attached hydrogens (tertiary/aromatic N) is 1.